The van der Waals surface area contributed by atoms with Crippen LogP contribution >= 0.6 is 0 Å². The maximum absolute atomic E-state index is 11.7. The third-order valence-electron chi connectivity index (χ3n) is 2.90. The van der Waals surface area contributed by atoms with Crippen molar-refractivity contribution in [1.29, 1.82) is 0 Å². The molecule has 3 rings (SSSR count). The zero-order chi connectivity index (χ0) is 11.8. The van der Waals surface area contributed by atoms with E-state index in [1.807, 2.05) is 29.9 Å². The SMILES string of the molecule is Cn1ncc2cc(C3=NCCNC3=O)ccc21. The number of amides is 1. The highest BCUT2D eigenvalue weighted by atomic mass is 16.2. The first kappa shape index (κ1) is 10.0. The molecular weight excluding hydrogens is 216 g/mol. The van der Waals surface area contributed by atoms with Gasteiger partial charge in [0.1, 0.15) is 5.71 Å². The fourth-order valence-corrected chi connectivity index (χ4v) is 2.03. The van der Waals surface area contributed by atoms with Gasteiger partial charge in [-0.3, -0.25) is 14.5 Å². The van der Waals surface area contributed by atoms with Crippen LogP contribution in [-0.4, -0.2) is 34.5 Å². The Bertz CT molecular complexity index is 626. The van der Waals surface area contributed by atoms with Crippen molar-refractivity contribution in [3.63, 3.8) is 0 Å². The van der Waals surface area contributed by atoms with Gasteiger partial charge in [-0.25, -0.2) is 0 Å². The van der Waals surface area contributed by atoms with E-state index in [0.29, 0.717) is 18.8 Å². The van der Waals surface area contributed by atoms with Gasteiger partial charge in [0.15, 0.2) is 0 Å². The van der Waals surface area contributed by atoms with Crippen LogP contribution in [0, 0.1) is 0 Å². The van der Waals surface area contributed by atoms with Crippen molar-refractivity contribution < 1.29 is 4.79 Å². The first-order chi connectivity index (χ1) is 8.25. The number of nitrogens with zero attached hydrogens (tertiary/aromatic N) is 3. The Morgan fingerprint density at radius 2 is 2.29 bits per heavy atom. The molecule has 1 aromatic heterocycles. The zero-order valence-corrected chi connectivity index (χ0v) is 9.47. The lowest BCUT2D eigenvalue weighted by Gasteiger charge is -2.12. The molecule has 5 heteroatoms. The van der Waals surface area contributed by atoms with E-state index < -0.39 is 0 Å². The average molecular weight is 228 g/mol. The van der Waals surface area contributed by atoms with Gasteiger partial charge < -0.3 is 5.32 Å². The maximum atomic E-state index is 11.7. The second-order valence-electron chi connectivity index (χ2n) is 4.03. The summed E-state index contributed by atoms with van der Waals surface area (Å²) in [7, 11) is 1.90. The molecule has 1 aliphatic heterocycles. The van der Waals surface area contributed by atoms with Crippen LogP contribution in [0.2, 0.25) is 0 Å². The number of aryl methyl sites for hydroxylation is 1. The van der Waals surface area contributed by atoms with Gasteiger partial charge in [-0.15, -0.1) is 0 Å². The van der Waals surface area contributed by atoms with Crippen LogP contribution < -0.4 is 5.32 Å². The lowest BCUT2D eigenvalue weighted by Crippen LogP contribution is -2.37. The van der Waals surface area contributed by atoms with Gasteiger partial charge in [-0.2, -0.15) is 5.10 Å². The number of nitrogens with one attached hydrogen (secondary N) is 1. The summed E-state index contributed by atoms with van der Waals surface area (Å²) < 4.78 is 1.81. The fraction of sp³-hybridized carbons (Fsp3) is 0.250. The second kappa shape index (κ2) is 3.69. The molecule has 0 atom stereocenters. The summed E-state index contributed by atoms with van der Waals surface area (Å²) in [6.45, 7) is 1.27. The van der Waals surface area contributed by atoms with Crippen molar-refractivity contribution in [2.75, 3.05) is 13.1 Å². The molecule has 86 valence electrons. The smallest absolute Gasteiger partial charge is 0.270 e. The Kier molecular flexibility index (Phi) is 2.18. The monoisotopic (exact) mass is 228 g/mol. The summed E-state index contributed by atoms with van der Waals surface area (Å²) in [5, 5.41) is 7.99. The summed E-state index contributed by atoms with van der Waals surface area (Å²) in [5.41, 5.74) is 2.41. The molecule has 17 heavy (non-hydrogen) atoms. The first-order valence-electron chi connectivity index (χ1n) is 5.50. The van der Waals surface area contributed by atoms with Crippen molar-refractivity contribution in [2.24, 2.45) is 12.0 Å². The number of fused-ring (bicyclic) bond motifs is 1. The third kappa shape index (κ3) is 1.60. The van der Waals surface area contributed by atoms with E-state index >= 15 is 0 Å². The van der Waals surface area contributed by atoms with E-state index in [1.54, 1.807) is 6.20 Å². The number of aromatic nitrogens is 2. The molecule has 1 amide bonds. The van der Waals surface area contributed by atoms with Gasteiger partial charge in [0, 0.05) is 24.5 Å². The molecule has 2 heterocycles. The molecular formula is C12H12N4O. The highest BCUT2D eigenvalue weighted by molar-refractivity contribution is 6.45. The zero-order valence-electron chi connectivity index (χ0n) is 9.47. The number of hydrogen-bond donors (Lipinski definition) is 1. The minimum absolute atomic E-state index is 0.0977. The third-order valence-corrected chi connectivity index (χ3v) is 2.90. The summed E-state index contributed by atoms with van der Waals surface area (Å²) in [4.78, 5) is 15.9. The second-order valence-corrected chi connectivity index (χ2v) is 4.03. The van der Waals surface area contributed by atoms with Crippen molar-refractivity contribution in [3.8, 4) is 0 Å². The Labute approximate surface area is 98.1 Å². The molecule has 5 nitrogen and oxygen atoms in total. The summed E-state index contributed by atoms with van der Waals surface area (Å²) in [6, 6.07) is 5.82. The maximum Gasteiger partial charge on any atom is 0.270 e. The van der Waals surface area contributed by atoms with E-state index in [-0.39, 0.29) is 5.91 Å². The van der Waals surface area contributed by atoms with Crippen LogP contribution in [0.3, 0.4) is 0 Å². The van der Waals surface area contributed by atoms with Gasteiger partial charge in [-0.1, -0.05) is 6.07 Å². The number of carbonyl (C=O) groups is 1. The minimum Gasteiger partial charge on any atom is -0.349 e. The van der Waals surface area contributed by atoms with Crippen molar-refractivity contribution >= 4 is 22.5 Å². The molecule has 0 fully saturated rings. The molecule has 0 bridgehead atoms. The van der Waals surface area contributed by atoms with E-state index in [2.05, 4.69) is 15.4 Å². The highest BCUT2D eigenvalue weighted by Gasteiger charge is 2.17. The molecule has 0 unspecified atom stereocenters. The lowest BCUT2D eigenvalue weighted by atomic mass is 10.1. The van der Waals surface area contributed by atoms with Gasteiger partial charge in [0.25, 0.3) is 5.91 Å². The topological polar surface area (TPSA) is 59.3 Å². The molecule has 0 saturated heterocycles. The molecule has 0 radical (unpaired) electrons. The highest BCUT2D eigenvalue weighted by Crippen LogP contribution is 2.16. The Balaban J connectivity index is 2.11. The fourth-order valence-electron chi connectivity index (χ4n) is 2.03. The van der Waals surface area contributed by atoms with Crippen LogP contribution in [0.4, 0.5) is 0 Å². The predicted octanol–water partition coefficient (Wildman–Crippen LogP) is 0.492. The molecule has 0 saturated carbocycles. The van der Waals surface area contributed by atoms with Crippen molar-refractivity contribution in [3.05, 3.63) is 30.0 Å². The van der Waals surface area contributed by atoms with Gasteiger partial charge in [0.2, 0.25) is 0 Å². The molecule has 1 N–H and O–H groups in total. The number of aliphatic imine (C=N–C) groups is 1. The minimum atomic E-state index is -0.0977. The average Bonchev–Trinajstić information content (AvgIpc) is 2.71. The van der Waals surface area contributed by atoms with Gasteiger partial charge in [-0.05, 0) is 12.1 Å². The van der Waals surface area contributed by atoms with E-state index in [0.717, 1.165) is 16.5 Å². The molecule has 0 aliphatic carbocycles. The van der Waals surface area contributed by atoms with Crippen molar-refractivity contribution in [2.45, 2.75) is 0 Å². The summed E-state index contributed by atoms with van der Waals surface area (Å²) in [6.07, 6.45) is 1.79. The van der Waals surface area contributed by atoms with Crippen LogP contribution in [0.25, 0.3) is 10.9 Å². The molecule has 1 aliphatic rings. The molecule has 2 aromatic rings. The van der Waals surface area contributed by atoms with Crippen LogP contribution in [0.1, 0.15) is 5.56 Å². The number of carbonyl (C=O) groups excluding carboxylic acids is 1. The van der Waals surface area contributed by atoms with Crippen molar-refractivity contribution in [1.82, 2.24) is 15.1 Å². The van der Waals surface area contributed by atoms with E-state index in [9.17, 15) is 4.79 Å². The number of benzene rings is 1. The largest absolute Gasteiger partial charge is 0.349 e. The van der Waals surface area contributed by atoms with Gasteiger partial charge in [0.05, 0.1) is 18.3 Å². The molecule has 1 aromatic carbocycles. The Hall–Kier alpha value is -2.17. The van der Waals surface area contributed by atoms with Crippen LogP contribution in [0.5, 0.6) is 0 Å². The van der Waals surface area contributed by atoms with E-state index in [4.69, 9.17) is 0 Å². The normalized spacial score (nSPS) is 15.8. The van der Waals surface area contributed by atoms with Gasteiger partial charge >= 0.3 is 0 Å². The Morgan fingerprint density at radius 3 is 3.12 bits per heavy atom. The van der Waals surface area contributed by atoms with Crippen LogP contribution in [-0.2, 0) is 11.8 Å². The first-order valence-corrected chi connectivity index (χ1v) is 5.50. The predicted molar refractivity (Wildman–Crippen MR) is 65.1 cm³/mol. The quantitative estimate of drug-likeness (QED) is 0.772. The standard InChI is InChI=1S/C12H12N4O/c1-16-10-3-2-8(6-9(10)7-15-16)11-12(17)14-5-4-13-11/h2-3,6-7H,4-5H2,1H3,(H,14,17). The summed E-state index contributed by atoms with van der Waals surface area (Å²) >= 11 is 0. The van der Waals surface area contributed by atoms with Crippen LogP contribution in [0.15, 0.2) is 29.4 Å². The lowest BCUT2D eigenvalue weighted by molar-refractivity contribution is -0.114. The Morgan fingerprint density at radius 1 is 1.41 bits per heavy atom. The molecule has 0 spiro atoms. The summed E-state index contributed by atoms with van der Waals surface area (Å²) in [5.74, 6) is -0.0977. The van der Waals surface area contributed by atoms with E-state index in [1.165, 1.54) is 0 Å². The number of rotatable bonds is 1. The number of hydrogen-bond acceptors (Lipinski definition) is 3.